The highest BCUT2D eigenvalue weighted by atomic mass is 16.2. The summed E-state index contributed by atoms with van der Waals surface area (Å²) in [4.78, 5) is 17.7. The van der Waals surface area contributed by atoms with Crippen molar-refractivity contribution in [2.75, 3.05) is 6.54 Å². The monoisotopic (exact) mass is 240 g/mol. The van der Waals surface area contributed by atoms with Crippen LogP contribution >= 0.6 is 0 Å². The number of carbonyl (C=O) groups is 1. The fourth-order valence-corrected chi connectivity index (χ4v) is 2.35. The zero-order chi connectivity index (χ0) is 12.5. The van der Waals surface area contributed by atoms with E-state index in [4.69, 9.17) is 0 Å². The first-order chi connectivity index (χ1) is 8.81. The molecule has 1 aliphatic rings. The minimum absolute atomic E-state index is 0.114. The molecule has 1 N–H and O–H groups in total. The van der Waals surface area contributed by atoms with Crippen LogP contribution in [0.3, 0.4) is 0 Å². The molecule has 1 saturated carbocycles. The minimum atomic E-state index is 0.114. The summed E-state index contributed by atoms with van der Waals surface area (Å²) in [6.45, 7) is 4.37. The molecule has 1 fully saturated rings. The Bertz CT molecular complexity index is 595. The van der Waals surface area contributed by atoms with Crippen LogP contribution in [0.2, 0.25) is 0 Å². The van der Waals surface area contributed by atoms with Crippen LogP contribution in [0, 0.1) is 0 Å². The molecule has 3 nitrogen and oxygen atoms in total. The van der Waals surface area contributed by atoms with Crippen molar-refractivity contribution in [2.45, 2.75) is 18.9 Å². The van der Waals surface area contributed by atoms with E-state index in [9.17, 15) is 4.79 Å². The van der Waals surface area contributed by atoms with Gasteiger partial charge < -0.3 is 9.88 Å². The van der Waals surface area contributed by atoms with E-state index in [1.165, 1.54) is 0 Å². The molecule has 1 aromatic heterocycles. The summed E-state index contributed by atoms with van der Waals surface area (Å²) in [5.74, 6) is 0.114. The largest absolute Gasteiger partial charge is 0.361 e. The summed E-state index contributed by atoms with van der Waals surface area (Å²) in [6.07, 6.45) is 5.90. The molecule has 18 heavy (non-hydrogen) atoms. The maximum Gasteiger partial charge on any atom is 0.255 e. The Morgan fingerprint density at radius 3 is 3.00 bits per heavy atom. The van der Waals surface area contributed by atoms with Crippen LogP contribution in [0.5, 0.6) is 0 Å². The number of hydrogen-bond acceptors (Lipinski definition) is 1. The number of benzene rings is 1. The van der Waals surface area contributed by atoms with Crippen LogP contribution in [0.1, 0.15) is 23.2 Å². The molecule has 1 aromatic carbocycles. The van der Waals surface area contributed by atoms with Gasteiger partial charge in [0.2, 0.25) is 0 Å². The van der Waals surface area contributed by atoms with E-state index in [0.717, 1.165) is 29.3 Å². The molecule has 2 aromatic rings. The average Bonchev–Trinajstić information content (AvgIpc) is 3.11. The molecule has 92 valence electrons. The number of aromatic amines is 1. The summed E-state index contributed by atoms with van der Waals surface area (Å²) in [7, 11) is 0. The number of aromatic nitrogens is 1. The van der Waals surface area contributed by atoms with Crippen molar-refractivity contribution >= 4 is 16.8 Å². The third-order valence-electron chi connectivity index (χ3n) is 3.40. The molecule has 0 aliphatic heterocycles. The second-order valence-electron chi connectivity index (χ2n) is 4.72. The lowest BCUT2D eigenvalue weighted by atomic mass is 10.1. The molecule has 1 heterocycles. The molecule has 1 amide bonds. The minimum Gasteiger partial charge on any atom is -0.361 e. The topological polar surface area (TPSA) is 36.1 Å². The summed E-state index contributed by atoms with van der Waals surface area (Å²) in [6, 6.07) is 8.18. The van der Waals surface area contributed by atoms with Gasteiger partial charge in [-0.1, -0.05) is 12.1 Å². The highest BCUT2D eigenvalue weighted by Gasteiger charge is 2.32. The van der Waals surface area contributed by atoms with E-state index >= 15 is 0 Å². The van der Waals surface area contributed by atoms with E-state index in [-0.39, 0.29) is 5.91 Å². The van der Waals surface area contributed by atoms with E-state index in [0.29, 0.717) is 12.6 Å². The Morgan fingerprint density at radius 1 is 1.44 bits per heavy atom. The number of rotatable bonds is 4. The molecule has 1 aliphatic carbocycles. The second kappa shape index (κ2) is 4.33. The fourth-order valence-electron chi connectivity index (χ4n) is 2.35. The van der Waals surface area contributed by atoms with Gasteiger partial charge in [0.1, 0.15) is 0 Å². The molecule has 0 bridgehead atoms. The van der Waals surface area contributed by atoms with Gasteiger partial charge >= 0.3 is 0 Å². The fraction of sp³-hybridized carbons (Fsp3) is 0.267. The van der Waals surface area contributed by atoms with Crippen molar-refractivity contribution in [3.05, 3.63) is 48.7 Å². The number of fused-ring (bicyclic) bond motifs is 1. The van der Waals surface area contributed by atoms with Crippen molar-refractivity contribution in [2.24, 2.45) is 0 Å². The third kappa shape index (κ3) is 1.82. The first-order valence-corrected chi connectivity index (χ1v) is 6.29. The smallest absolute Gasteiger partial charge is 0.255 e. The molecule has 0 spiro atoms. The molecule has 0 unspecified atom stereocenters. The van der Waals surface area contributed by atoms with Gasteiger partial charge in [0.15, 0.2) is 0 Å². The van der Waals surface area contributed by atoms with Crippen molar-refractivity contribution in [1.82, 2.24) is 9.88 Å². The Balaban J connectivity index is 1.99. The predicted molar refractivity (Wildman–Crippen MR) is 72.6 cm³/mol. The number of H-pyrrole nitrogens is 1. The van der Waals surface area contributed by atoms with Gasteiger partial charge in [-0.25, -0.2) is 0 Å². The van der Waals surface area contributed by atoms with Crippen LogP contribution in [-0.4, -0.2) is 28.4 Å². The van der Waals surface area contributed by atoms with Gasteiger partial charge in [-0.15, -0.1) is 6.58 Å². The van der Waals surface area contributed by atoms with Gasteiger partial charge in [0, 0.05) is 35.2 Å². The van der Waals surface area contributed by atoms with Gasteiger partial charge in [-0.2, -0.15) is 0 Å². The molecular formula is C15H16N2O. The average molecular weight is 240 g/mol. The van der Waals surface area contributed by atoms with Crippen molar-refractivity contribution < 1.29 is 4.79 Å². The van der Waals surface area contributed by atoms with Crippen LogP contribution in [0.25, 0.3) is 10.9 Å². The maximum atomic E-state index is 12.6. The van der Waals surface area contributed by atoms with E-state index in [1.807, 2.05) is 35.4 Å². The molecule has 0 saturated heterocycles. The lowest BCUT2D eigenvalue weighted by Gasteiger charge is -2.21. The van der Waals surface area contributed by atoms with E-state index < -0.39 is 0 Å². The maximum absolute atomic E-state index is 12.6. The Kier molecular flexibility index (Phi) is 2.67. The molecular weight excluding hydrogens is 224 g/mol. The number of nitrogens with one attached hydrogen (secondary N) is 1. The van der Waals surface area contributed by atoms with Crippen LogP contribution in [0.15, 0.2) is 43.1 Å². The van der Waals surface area contributed by atoms with Crippen LogP contribution in [-0.2, 0) is 0 Å². The third-order valence-corrected chi connectivity index (χ3v) is 3.40. The number of nitrogens with zero attached hydrogens (tertiary/aromatic N) is 1. The number of amides is 1. The second-order valence-corrected chi connectivity index (χ2v) is 4.72. The summed E-state index contributed by atoms with van der Waals surface area (Å²) in [5, 5.41) is 0.997. The summed E-state index contributed by atoms with van der Waals surface area (Å²) >= 11 is 0. The lowest BCUT2D eigenvalue weighted by molar-refractivity contribution is 0.0764. The quantitative estimate of drug-likeness (QED) is 0.819. The summed E-state index contributed by atoms with van der Waals surface area (Å²) < 4.78 is 0. The van der Waals surface area contributed by atoms with Gasteiger partial charge in [-0.05, 0) is 31.0 Å². The SMILES string of the molecule is C=CCN(C(=O)c1cccc2[nH]ccc12)C1CC1. The van der Waals surface area contributed by atoms with Gasteiger partial charge in [0.05, 0.1) is 0 Å². The highest BCUT2D eigenvalue weighted by Crippen LogP contribution is 2.29. The standard InChI is InChI=1S/C15H16N2O/c1-2-10-17(11-6-7-11)15(18)13-4-3-5-14-12(13)8-9-16-14/h2-5,8-9,11,16H,1,6-7,10H2. The zero-order valence-electron chi connectivity index (χ0n) is 10.2. The predicted octanol–water partition coefficient (Wildman–Crippen LogP) is 2.96. The molecule has 0 radical (unpaired) electrons. The first kappa shape index (κ1) is 11.1. The summed E-state index contributed by atoms with van der Waals surface area (Å²) in [5.41, 5.74) is 1.79. The Morgan fingerprint density at radius 2 is 2.28 bits per heavy atom. The van der Waals surface area contributed by atoms with E-state index in [2.05, 4.69) is 11.6 Å². The lowest BCUT2D eigenvalue weighted by Crippen LogP contribution is -2.33. The van der Waals surface area contributed by atoms with Crippen molar-refractivity contribution in [3.8, 4) is 0 Å². The molecule has 3 heteroatoms. The molecule has 3 rings (SSSR count). The normalized spacial score (nSPS) is 14.7. The number of carbonyl (C=O) groups excluding carboxylic acids is 1. The first-order valence-electron chi connectivity index (χ1n) is 6.29. The Hall–Kier alpha value is -2.03. The molecule has 0 atom stereocenters. The van der Waals surface area contributed by atoms with Gasteiger partial charge in [0.25, 0.3) is 5.91 Å². The zero-order valence-corrected chi connectivity index (χ0v) is 10.2. The highest BCUT2D eigenvalue weighted by molar-refractivity contribution is 6.06. The van der Waals surface area contributed by atoms with E-state index in [1.54, 1.807) is 6.08 Å². The van der Waals surface area contributed by atoms with Crippen LogP contribution in [0.4, 0.5) is 0 Å². The number of hydrogen-bond donors (Lipinski definition) is 1. The Labute approximate surface area is 106 Å². The van der Waals surface area contributed by atoms with Crippen molar-refractivity contribution in [3.63, 3.8) is 0 Å². The van der Waals surface area contributed by atoms with Crippen molar-refractivity contribution in [1.29, 1.82) is 0 Å². The van der Waals surface area contributed by atoms with Gasteiger partial charge in [-0.3, -0.25) is 4.79 Å². The van der Waals surface area contributed by atoms with Crippen LogP contribution < -0.4 is 0 Å².